The van der Waals surface area contributed by atoms with Crippen LogP contribution in [0.2, 0.25) is 0 Å². The van der Waals surface area contributed by atoms with Crippen LogP contribution in [-0.4, -0.2) is 33.3 Å². The Morgan fingerprint density at radius 1 is 1.09 bits per heavy atom. The van der Waals surface area contributed by atoms with Crippen molar-refractivity contribution in [3.05, 3.63) is 101 Å². The maximum atomic E-state index is 13.1. The lowest BCUT2D eigenvalue weighted by Crippen LogP contribution is -2.29. The van der Waals surface area contributed by atoms with Crippen LogP contribution < -0.4 is 4.74 Å². The molecule has 0 spiro atoms. The fourth-order valence-corrected chi connectivity index (χ4v) is 4.38. The first kappa shape index (κ1) is 20.0. The molecule has 3 heterocycles. The molecule has 3 aromatic rings. The van der Waals surface area contributed by atoms with Crippen molar-refractivity contribution in [3.63, 3.8) is 0 Å². The second-order valence-electron chi connectivity index (χ2n) is 7.97. The lowest BCUT2D eigenvalue weighted by atomic mass is 9.94. The van der Waals surface area contributed by atoms with E-state index >= 15 is 0 Å². The second-order valence-corrected chi connectivity index (χ2v) is 7.97. The molecular formula is C26H22N2O4. The third-order valence-electron chi connectivity index (χ3n) is 5.91. The first-order chi connectivity index (χ1) is 15.6. The average molecular weight is 426 g/mol. The zero-order valence-electron chi connectivity index (χ0n) is 17.4. The van der Waals surface area contributed by atoms with Gasteiger partial charge < -0.3 is 14.7 Å². The van der Waals surface area contributed by atoms with E-state index in [1.807, 2.05) is 48.5 Å². The summed E-state index contributed by atoms with van der Waals surface area (Å²) in [6.45, 7) is 0.887. The zero-order chi connectivity index (χ0) is 22.1. The molecule has 2 aliphatic heterocycles. The van der Waals surface area contributed by atoms with E-state index in [9.17, 15) is 14.7 Å². The highest BCUT2D eigenvalue weighted by Gasteiger charge is 2.46. The second kappa shape index (κ2) is 8.30. The Morgan fingerprint density at radius 2 is 1.94 bits per heavy atom. The van der Waals surface area contributed by atoms with Gasteiger partial charge in [0.05, 0.1) is 18.2 Å². The first-order valence-corrected chi connectivity index (χ1v) is 10.6. The van der Waals surface area contributed by atoms with Crippen molar-refractivity contribution in [1.29, 1.82) is 0 Å². The lowest BCUT2D eigenvalue weighted by molar-refractivity contribution is -0.140. The predicted octanol–water partition coefficient (Wildman–Crippen LogP) is 4.03. The number of aliphatic hydroxyl groups excluding tert-OH is 1. The van der Waals surface area contributed by atoms with Crippen molar-refractivity contribution in [3.8, 4) is 5.75 Å². The van der Waals surface area contributed by atoms with E-state index in [0.717, 1.165) is 35.3 Å². The predicted molar refractivity (Wildman–Crippen MR) is 119 cm³/mol. The molecule has 1 fully saturated rings. The number of Topliss-reactive ketones (excluding diaryl/α,β-unsaturated/α-hetero) is 1. The Morgan fingerprint density at radius 3 is 2.72 bits per heavy atom. The SMILES string of the molecule is O=C1C(=O)N(Cc2cccnc2)C(c2ccccc2)/C1=C(/O)c1ccc2c(c1)CCCO2. The van der Waals surface area contributed by atoms with Crippen molar-refractivity contribution in [1.82, 2.24) is 9.88 Å². The first-order valence-electron chi connectivity index (χ1n) is 10.6. The number of benzene rings is 2. The smallest absolute Gasteiger partial charge is 0.295 e. The number of aryl methyl sites for hydroxylation is 1. The summed E-state index contributed by atoms with van der Waals surface area (Å²) in [5.41, 5.74) is 3.16. The van der Waals surface area contributed by atoms with Crippen LogP contribution in [0.5, 0.6) is 5.75 Å². The van der Waals surface area contributed by atoms with Gasteiger partial charge in [0.1, 0.15) is 11.5 Å². The third kappa shape index (κ3) is 3.54. The third-order valence-corrected chi connectivity index (χ3v) is 5.91. The molecule has 2 aromatic carbocycles. The van der Waals surface area contributed by atoms with Crippen LogP contribution in [0.15, 0.2) is 78.6 Å². The molecular weight excluding hydrogens is 404 g/mol. The molecule has 0 saturated carbocycles. The van der Waals surface area contributed by atoms with Gasteiger partial charge in [0, 0.05) is 24.5 Å². The number of hydrogen-bond acceptors (Lipinski definition) is 5. The van der Waals surface area contributed by atoms with Gasteiger partial charge in [-0.1, -0.05) is 36.4 Å². The van der Waals surface area contributed by atoms with Gasteiger partial charge in [0.15, 0.2) is 0 Å². The van der Waals surface area contributed by atoms with Gasteiger partial charge in [0.25, 0.3) is 11.7 Å². The van der Waals surface area contributed by atoms with Crippen LogP contribution in [0.4, 0.5) is 0 Å². The number of aromatic nitrogens is 1. The monoisotopic (exact) mass is 426 g/mol. The van der Waals surface area contributed by atoms with Gasteiger partial charge in [0.2, 0.25) is 0 Å². The summed E-state index contributed by atoms with van der Waals surface area (Å²) in [7, 11) is 0. The number of ether oxygens (including phenoxy) is 1. The quantitative estimate of drug-likeness (QED) is 0.387. The Bertz CT molecular complexity index is 1210. The number of pyridine rings is 1. The molecule has 1 unspecified atom stereocenters. The van der Waals surface area contributed by atoms with E-state index in [2.05, 4.69) is 4.98 Å². The van der Waals surface area contributed by atoms with Crippen molar-refractivity contribution < 1.29 is 19.4 Å². The van der Waals surface area contributed by atoms with E-state index in [-0.39, 0.29) is 17.9 Å². The number of carbonyl (C=O) groups is 2. The summed E-state index contributed by atoms with van der Waals surface area (Å²) < 4.78 is 5.66. The van der Waals surface area contributed by atoms with Crippen molar-refractivity contribution in [2.75, 3.05) is 6.61 Å². The highest BCUT2D eigenvalue weighted by Crippen LogP contribution is 2.40. The molecule has 6 heteroatoms. The molecule has 160 valence electrons. The van der Waals surface area contributed by atoms with E-state index in [1.54, 1.807) is 24.5 Å². The van der Waals surface area contributed by atoms with Crippen LogP contribution in [0.3, 0.4) is 0 Å². The van der Waals surface area contributed by atoms with Gasteiger partial charge in [-0.2, -0.15) is 0 Å². The van der Waals surface area contributed by atoms with Gasteiger partial charge in [-0.05, 0) is 53.8 Å². The lowest BCUT2D eigenvalue weighted by Gasteiger charge is -2.25. The highest BCUT2D eigenvalue weighted by molar-refractivity contribution is 6.46. The average Bonchev–Trinajstić information content (AvgIpc) is 3.09. The number of aliphatic hydroxyl groups is 1. The highest BCUT2D eigenvalue weighted by atomic mass is 16.5. The fourth-order valence-electron chi connectivity index (χ4n) is 4.38. The summed E-state index contributed by atoms with van der Waals surface area (Å²) >= 11 is 0. The minimum Gasteiger partial charge on any atom is -0.507 e. The summed E-state index contributed by atoms with van der Waals surface area (Å²) in [5, 5.41) is 11.3. The normalized spacial score (nSPS) is 19.5. The Hall–Kier alpha value is -3.93. The minimum absolute atomic E-state index is 0.0989. The van der Waals surface area contributed by atoms with Crippen LogP contribution in [0, 0.1) is 0 Å². The molecule has 0 bridgehead atoms. The Labute approximate surface area is 185 Å². The summed E-state index contributed by atoms with van der Waals surface area (Å²) in [5.74, 6) is -0.691. The van der Waals surface area contributed by atoms with Gasteiger partial charge in [-0.15, -0.1) is 0 Å². The molecule has 32 heavy (non-hydrogen) atoms. The van der Waals surface area contributed by atoms with Crippen molar-refractivity contribution >= 4 is 17.4 Å². The number of ketones is 1. The molecule has 1 saturated heterocycles. The summed E-state index contributed by atoms with van der Waals surface area (Å²) in [4.78, 5) is 31.8. The topological polar surface area (TPSA) is 79.7 Å². The summed E-state index contributed by atoms with van der Waals surface area (Å²) in [6.07, 6.45) is 5.07. The molecule has 2 aliphatic rings. The van der Waals surface area contributed by atoms with E-state index < -0.39 is 17.7 Å². The van der Waals surface area contributed by atoms with Crippen LogP contribution in [0.1, 0.15) is 34.7 Å². The Kier molecular flexibility index (Phi) is 5.19. The number of carbonyl (C=O) groups excluding carboxylic acids is 2. The zero-order valence-corrected chi connectivity index (χ0v) is 17.4. The molecule has 5 rings (SSSR count). The van der Waals surface area contributed by atoms with Crippen LogP contribution in [0.25, 0.3) is 5.76 Å². The number of nitrogens with zero attached hydrogens (tertiary/aromatic N) is 2. The molecule has 1 aromatic heterocycles. The molecule has 6 nitrogen and oxygen atoms in total. The maximum Gasteiger partial charge on any atom is 0.295 e. The molecule has 1 N–H and O–H groups in total. The number of amides is 1. The minimum atomic E-state index is -0.691. The Balaban J connectivity index is 1.62. The van der Waals surface area contributed by atoms with Crippen molar-refractivity contribution in [2.45, 2.75) is 25.4 Å². The molecule has 1 atom stereocenters. The van der Waals surface area contributed by atoms with E-state index in [1.165, 1.54) is 4.90 Å². The van der Waals surface area contributed by atoms with Gasteiger partial charge in [-0.3, -0.25) is 14.6 Å². The van der Waals surface area contributed by atoms with E-state index in [4.69, 9.17) is 4.74 Å². The van der Waals surface area contributed by atoms with Gasteiger partial charge in [-0.25, -0.2) is 0 Å². The number of hydrogen-bond donors (Lipinski definition) is 1. The number of likely N-dealkylation sites (tertiary alicyclic amines) is 1. The summed E-state index contributed by atoms with van der Waals surface area (Å²) in [6, 6.07) is 17.7. The standard InChI is InChI=1S/C26H22N2O4/c29-24(20-10-11-21-19(14-20)9-5-13-32-21)22-23(18-7-2-1-3-8-18)28(26(31)25(22)30)16-17-6-4-12-27-15-17/h1-4,6-8,10-12,14-15,23,29H,5,9,13,16H2/b24-22-. The largest absolute Gasteiger partial charge is 0.507 e. The van der Waals surface area contributed by atoms with Crippen molar-refractivity contribution in [2.24, 2.45) is 0 Å². The molecule has 0 aliphatic carbocycles. The van der Waals surface area contributed by atoms with Crippen LogP contribution >= 0.6 is 0 Å². The number of fused-ring (bicyclic) bond motifs is 1. The molecule has 1 amide bonds. The maximum absolute atomic E-state index is 13.1. The van der Waals surface area contributed by atoms with Crippen LogP contribution in [-0.2, 0) is 22.6 Å². The van der Waals surface area contributed by atoms with E-state index in [0.29, 0.717) is 12.2 Å². The number of rotatable bonds is 4. The fraction of sp³-hybridized carbons (Fsp3) is 0.192. The molecule has 0 radical (unpaired) electrons. The van der Waals surface area contributed by atoms with Gasteiger partial charge >= 0.3 is 0 Å².